The van der Waals surface area contributed by atoms with Crippen LogP contribution in [0.25, 0.3) is 0 Å². The van der Waals surface area contributed by atoms with Crippen molar-refractivity contribution in [2.24, 2.45) is 0 Å². The fourth-order valence-electron chi connectivity index (χ4n) is 2.11. The van der Waals surface area contributed by atoms with Crippen LogP contribution in [-0.4, -0.2) is 53.9 Å². The van der Waals surface area contributed by atoms with Crippen molar-refractivity contribution < 1.29 is 19.0 Å². The highest BCUT2D eigenvalue weighted by molar-refractivity contribution is 5.67. The van der Waals surface area contributed by atoms with Gasteiger partial charge in [0, 0.05) is 18.9 Å². The molecule has 1 aromatic heterocycles. The molecule has 1 aliphatic heterocycles. The summed E-state index contributed by atoms with van der Waals surface area (Å²) in [4.78, 5) is 21.5. The van der Waals surface area contributed by atoms with Gasteiger partial charge in [0.1, 0.15) is 6.10 Å². The van der Waals surface area contributed by atoms with Crippen LogP contribution in [0.15, 0.2) is 12.4 Å². The Labute approximate surface area is 117 Å². The van der Waals surface area contributed by atoms with E-state index in [1.165, 1.54) is 13.3 Å². The number of methoxy groups -OCH3 is 1. The minimum absolute atomic E-state index is 0.126. The quantitative estimate of drug-likeness (QED) is 0.832. The first-order valence-corrected chi connectivity index (χ1v) is 6.68. The number of nitrogens with zero attached hydrogens (tertiary/aromatic N) is 3. The summed E-state index contributed by atoms with van der Waals surface area (Å²) in [5.41, 5.74) is 0. The zero-order chi connectivity index (χ0) is 14.4. The van der Waals surface area contributed by atoms with E-state index < -0.39 is 0 Å². The number of carbonyl (C=O) groups is 1. The van der Waals surface area contributed by atoms with Gasteiger partial charge < -0.3 is 19.1 Å². The van der Waals surface area contributed by atoms with Crippen LogP contribution in [0.4, 0.5) is 4.79 Å². The Kier molecular flexibility index (Phi) is 4.97. The predicted octanol–water partition coefficient (Wildman–Crippen LogP) is 1.48. The van der Waals surface area contributed by atoms with Gasteiger partial charge in [-0.15, -0.1) is 0 Å². The SMILES string of the molecule is CCOC(=O)N1CCCC(Oc2nccnc2OC)C1. The minimum atomic E-state index is -0.299. The Morgan fingerprint density at radius 2 is 2.15 bits per heavy atom. The number of hydrogen-bond donors (Lipinski definition) is 0. The summed E-state index contributed by atoms with van der Waals surface area (Å²) in [5.74, 6) is 0.700. The first-order chi connectivity index (χ1) is 9.74. The van der Waals surface area contributed by atoms with Crippen LogP contribution in [-0.2, 0) is 4.74 Å². The van der Waals surface area contributed by atoms with Gasteiger partial charge in [0.15, 0.2) is 0 Å². The van der Waals surface area contributed by atoms with E-state index in [0.29, 0.717) is 31.5 Å². The van der Waals surface area contributed by atoms with E-state index in [1.54, 1.807) is 18.0 Å². The van der Waals surface area contributed by atoms with Crippen molar-refractivity contribution in [3.05, 3.63) is 12.4 Å². The highest BCUT2D eigenvalue weighted by Gasteiger charge is 2.26. The Bertz CT molecular complexity index is 455. The van der Waals surface area contributed by atoms with E-state index in [9.17, 15) is 4.79 Å². The maximum Gasteiger partial charge on any atom is 0.409 e. The summed E-state index contributed by atoms with van der Waals surface area (Å²) in [5, 5.41) is 0. The van der Waals surface area contributed by atoms with Gasteiger partial charge >= 0.3 is 6.09 Å². The zero-order valence-corrected chi connectivity index (χ0v) is 11.7. The fraction of sp³-hybridized carbons (Fsp3) is 0.615. The maximum atomic E-state index is 11.7. The van der Waals surface area contributed by atoms with Gasteiger partial charge in [0.25, 0.3) is 11.8 Å². The molecule has 1 atom stereocenters. The topological polar surface area (TPSA) is 73.8 Å². The molecular weight excluding hydrogens is 262 g/mol. The first kappa shape index (κ1) is 14.4. The highest BCUT2D eigenvalue weighted by Crippen LogP contribution is 2.23. The molecule has 0 saturated carbocycles. The molecule has 1 fully saturated rings. The molecule has 0 aliphatic carbocycles. The van der Waals surface area contributed by atoms with E-state index >= 15 is 0 Å². The van der Waals surface area contributed by atoms with Crippen LogP contribution in [0, 0.1) is 0 Å². The summed E-state index contributed by atoms with van der Waals surface area (Å²) in [6.07, 6.45) is 4.38. The van der Waals surface area contributed by atoms with Gasteiger partial charge in [0.2, 0.25) is 0 Å². The Morgan fingerprint density at radius 3 is 2.85 bits per heavy atom. The molecular formula is C13H19N3O4. The van der Waals surface area contributed by atoms with Crippen molar-refractivity contribution in [1.29, 1.82) is 0 Å². The molecule has 0 N–H and O–H groups in total. The second kappa shape index (κ2) is 6.93. The number of piperidine rings is 1. The summed E-state index contributed by atoms with van der Waals surface area (Å²) < 4.78 is 15.9. The average Bonchev–Trinajstić information content (AvgIpc) is 2.48. The monoisotopic (exact) mass is 281 g/mol. The van der Waals surface area contributed by atoms with E-state index in [1.807, 2.05) is 0 Å². The largest absolute Gasteiger partial charge is 0.477 e. The standard InChI is InChI=1S/C13H19N3O4/c1-3-19-13(17)16-8-4-5-10(9-16)20-12-11(18-2)14-6-7-15-12/h6-7,10H,3-5,8-9H2,1-2H3. The number of hydrogen-bond acceptors (Lipinski definition) is 6. The Hall–Kier alpha value is -2.05. The van der Waals surface area contributed by atoms with Crippen LogP contribution in [0.1, 0.15) is 19.8 Å². The van der Waals surface area contributed by atoms with Crippen LogP contribution in [0.2, 0.25) is 0 Å². The summed E-state index contributed by atoms with van der Waals surface area (Å²) in [7, 11) is 1.52. The molecule has 1 aliphatic rings. The molecule has 20 heavy (non-hydrogen) atoms. The van der Waals surface area contributed by atoms with Crippen LogP contribution < -0.4 is 9.47 Å². The zero-order valence-electron chi connectivity index (χ0n) is 11.7. The molecule has 2 heterocycles. The molecule has 0 spiro atoms. The molecule has 0 radical (unpaired) electrons. The number of ether oxygens (including phenoxy) is 3. The number of amides is 1. The normalized spacial score (nSPS) is 18.5. The summed E-state index contributed by atoms with van der Waals surface area (Å²) >= 11 is 0. The van der Waals surface area contributed by atoms with Crippen LogP contribution in [0.5, 0.6) is 11.8 Å². The molecule has 1 saturated heterocycles. The van der Waals surface area contributed by atoms with Crippen molar-refractivity contribution in [2.75, 3.05) is 26.8 Å². The lowest BCUT2D eigenvalue weighted by Crippen LogP contribution is -2.44. The third-order valence-corrected chi connectivity index (χ3v) is 3.01. The number of likely N-dealkylation sites (tertiary alicyclic amines) is 1. The van der Waals surface area contributed by atoms with Crippen LogP contribution in [0.3, 0.4) is 0 Å². The minimum Gasteiger partial charge on any atom is -0.477 e. The number of rotatable bonds is 4. The maximum absolute atomic E-state index is 11.7. The molecule has 0 aromatic carbocycles. The molecule has 1 amide bonds. The van der Waals surface area contributed by atoms with E-state index in [4.69, 9.17) is 14.2 Å². The predicted molar refractivity (Wildman–Crippen MR) is 70.8 cm³/mol. The second-order valence-electron chi connectivity index (χ2n) is 4.40. The molecule has 110 valence electrons. The smallest absolute Gasteiger partial charge is 0.409 e. The van der Waals surface area contributed by atoms with Crippen molar-refractivity contribution in [1.82, 2.24) is 14.9 Å². The second-order valence-corrected chi connectivity index (χ2v) is 4.40. The fourth-order valence-corrected chi connectivity index (χ4v) is 2.11. The lowest BCUT2D eigenvalue weighted by Gasteiger charge is -2.31. The number of aromatic nitrogens is 2. The Morgan fingerprint density at radius 1 is 1.40 bits per heavy atom. The van der Waals surface area contributed by atoms with E-state index in [-0.39, 0.29) is 12.2 Å². The van der Waals surface area contributed by atoms with Gasteiger partial charge in [-0.1, -0.05) is 0 Å². The molecule has 2 rings (SSSR count). The third kappa shape index (κ3) is 3.49. The average molecular weight is 281 g/mol. The molecule has 7 heteroatoms. The summed E-state index contributed by atoms with van der Waals surface area (Å²) in [6.45, 7) is 3.34. The van der Waals surface area contributed by atoms with Crippen molar-refractivity contribution in [2.45, 2.75) is 25.9 Å². The molecule has 0 bridgehead atoms. The third-order valence-electron chi connectivity index (χ3n) is 3.01. The Balaban J connectivity index is 1.97. The highest BCUT2D eigenvalue weighted by atomic mass is 16.6. The van der Waals surface area contributed by atoms with E-state index in [0.717, 1.165) is 12.8 Å². The van der Waals surface area contributed by atoms with Crippen molar-refractivity contribution in [3.63, 3.8) is 0 Å². The van der Waals surface area contributed by atoms with Gasteiger partial charge in [-0.2, -0.15) is 0 Å². The number of carbonyl (C=O) groups excluding carboxylic acids is 1. The van der Waals surface area contributed by atoms with Gasteiger partial charge in [0.05, 0.1) is 20.3 Å². The van der Waals surface area contributed by atoms with Gasteiger partial charge in [-0.3, -0.25) is 0 Å². The van der Waals surface area contributed by atoms with Gasteiger partial charge in [-0.25, -0.2) is 14.8 Å². The molecule has 1 aromatic rings. The van der Waals surface area contributed by atoms with E-state index in [2.05, 4.69) is 9.97 Å². The molecule has 7 nitrogen and oxygen atoms in total. The lowest BCUT2D eigenvalue weighted by atomic mass is 10.1. The van der Waals surface area contributed by atoms with Crippen molar-refractivity contribution >= 4 is 6.09 Å². The summed E-state index contributed by atoms with van der Waals surface area (Å²) in [6, 6.07) is 0. The van der Waals surface area contributed by atoms with Gasteiger partial charge in [-0.05, 0) is 19.8 Å². The van der Waals surface area contributed by atoms with Crippen LogP contribution >= 0.6 is 0 Å². The molecule has 1 unspecified atom stereocenters. The lowest BCUT2D eigenvalue weighted by molar-refractivity contribution is 0.0580. The first-order valence-electron chi connectivity index (χ1n) is 6.68. The van der Waals surface area contributed by atoms with Crippen molar-refractivity contribution in [3.8, 4) is 11.8 Å².